The van der Waals surface area contributed by atoms with E-state index in [4.69, 9.17) is 9.73 Å². The standard InChI is InChI=1S/C23H35N5OS/c1-4-20-16-26-22(30-20)12-13-25-23(24-5-2)27-17-21(28-14-6-7-15-28)18-8-10-19(29-3)11-9-18/h8-11,16,21H,4-7,12-15,17H2,1-3H3,(H2,24,25,27). The van der Waals surface area contributed by atoms with E-state index in [1.165, 1.54) is 28.3 Å². The number of methoxy groups -OCH3 is 1. The molecule has 6 nitrogen and oxygen atoms in total. The summed E-state index contributed by atoms with van der Waals surface area (Å²) in [4.78, 5) is 13.3. The molecule has 3 rings (SSSR count). The van der Waals surface area contributed by atoms with Gasteiger partial charge in [0.25, 0.3) is 0 Å². The van der Waals surface area contributed by atoms with E-state index in [1.54, 1.807) is 18.4 Å². The molecule has 0 bridgehead atoms. The second-order valence-electron chi connectivity index (χ2n) is 7.50. The number of hydrogen-bond donors (Lipinski definition) is 2. The first-order valence-electron chi connectivity index (χ1n) is 11.1. The summed E-state index contributed by atoms with van der Waals surface area (Å²) in [5, 5.41) is 8.05. The maximum atomic E-state index is 5.33. The van der Waals surface area contributed by atoms with Crippen molar-refractivity contribution in [2.24, 2.45) is 4.99 Å². The van der Waals surface area contributed by atoms with E-state index in [-0.39, 0.29) is 0 Å². The normalized spacial score (nSPS) is 15.9. The molecular weight excluding hydrogens is 394 g/mol. The van der Waals surface area contributed by atoms with Crippen LogP contribution >= 0.6 is 11.3 Å². The summed E-state index contributed by atoms with van der Waals surface area (Å²) >= 11 is 1.80. The highest BCUT2D eigenvalue weighted by atomic mass is 32.1. The number of aryl methyl sites for hydroxylation is 1. The second-order valence-corrected chi connectivity index (χ2v) is 8.70. The molecule has 0 aliphatic carbocycles. The Morgan fingerprint density at radius 2 is 1.97 bits per heavy atom. The molecule has 0 saturated carbocycles. The van der Waals surface area contributed by atoms with Gasteiger partial charge in [-0.2, -0.15) is 0 Å². The number of thiazole rings is 1. The molecule has 2 N–H and O–H groups in total. The molecular formula is C23H35N5OS. The number of benzene rings is 1. The van der Waals surface area contributed by atoms with Crippen molar-refractivity contribution in [2.45, 2.75) is 45.6 Å². The lowest BCUT2D eigenvalue weighted by molar-refractivity contribution is 0.251. The minimum Gasteiger partial charge on any atom is -0.497 e. The summed E-state index contributed by atoms with van der Waals surface area (Å²) in [7, 11) is 1.71. The fourth-order valence-corrected chi connectivity index (χ4v) is 4.61. The Kier molecular flexibility index (Phi) is 8.96. The molecule has 1 aliphatic heterocycles. The van der Waals surface area contributed by atoms with Crippen molar-refractivity contribution in [3.8, 4) is 5.75 Å². The Labute approximate surface area is 184 Å². The first kappa shape index (κ1) is 22.6. The van der Waals surface area contributed by atoms with Gasteiger partial charge in [0.15, 0.2) is 5.96 Å². The molecule has 1 aromatic carbocycles. The summed E-state index contributed by atoms with van der Waals surface area (Å²) in [5.41, 5.74) is 1.30. The quantitative estimate of drug-likeness (QED) is 0.446. The maximum absolute atomic E-state index is 5.33. The number of nitrogens with zero attached hydrogens (tertiary/aromatic N) is 3. The molecule has 1 unspecified atom stereocenters. The van der Waals surface area contributed by atoms with E-state index in [1.807, 2.05) is 18.3 Å². The second kappa shape index (κ2) is 11.9. The Morgan fingerprint density at radius 1 is 1.20 bits per heavy atom. The number of rotatable bonds is 10. The van der Waals surface area contributed by atoms with Gasteiger partial charge in [0, 0.05) is 30.6 Å². The smallest absolute Gasteiger partial charge is 0.191 e. The van der Waals surface area contributed by atoms with Gasteiger partial charge in [-0.25, -0.2) is 4.98 Å². The molecule has 7 heteroatoms. The zero-order valence-electron chi connectivity index (χ0n) is 18.5. The molecule has 0 spiro atoms. The minimum absolute atomic E-state index is 0.292. The number of hydrogen-bond acceptors (Lipinski definition) is 5. The van der Waals surface area contributed by atoms with Gasteiger partial charge in [-0.05, 0) is 57.0 Å². The molecule has 2 aromatic rings. The Hall–Kier alpha value is -2.12. The summed E-state index contributed by atoms with van der Waals surface area (Å²) in [6.07, 6.45) is 6.50. The van der Waals surface area contributed by atoms with Crippen molar-refractivity contribution in [2.75, 3.05) is 39.8 Å². The van der Waals surface area contributed by atoms with Crippen molar-refractivity contribution in [1.82, 2.24) is 20.5 Å². The molecule has 1 aromatic heterocycles. The van der Waals surface area contributed by atoms with Gasteiger partial charge >= 0.3 is 0 Å². The van der Waals surface area contributed by atoms with Crippen LogP contribution in [0.4, 0.5) is 0 Å². The maximum Gasteiger partial charge on any atom is 0.191 e. The average molecular weight is 430 g/mol. The van der Waals surface area contributed by atoms with E-state index >= 15 is 0 Å². The lowest BCUT2D eigenvalue weighted by Gasteiger charge is -2.27. The fraction of sp³-hybridized carbons (Fsp3) is 0.565. The SMILES string of the molecule is CCNC(=NCC(c1ccc(OC)cc1)N1CCCC1)NCCc1ncc(CC)s1. The van der Waals surface area contributed by atoms with Crippen LogP contribution in [-0.2, 0) is 12.8 Å². The molecule has 0 radical (unpaired) electrons. The first-order chi connectivity index (χ1) is 14.7. The minimum atomic E-state index is 0.292. The van der Waals surface area contributed by atoms with Crippen LogP contribution in [0.25, 0.3) is 0 Å². The lowest BCUT2D eigenvalue weighted by atomic mass is 10.1. The number of ether oxygens (including phenoxy) is 1. The largest absolute Gasteiger partial charge is 0.497 e. The van der Waals surface area contributed by atoms with E-state index in [9.17, 15) is 0 Å². The van der Waals surface area contributed by atoms with E-state index in [0.29, 0.717) is 6.04 Å². The van der Waals surface area contributed by atoms with Crippen LogP contribution in [0.3, 0.4) is 0 Å². The highest BCUT2D eigenvalue weighted by Gasteiger charge is 2.23. The van der Waals surface area contributed by atoms with Crippen LogP contribution in [0.2, 0.25) is 0 Å². The molecule has 1 saturated heterocycles. The summed E-state index contributed by atoms with van der Waals surface area (Å²) in [6, 6.07) is 8.73. The van der Waals surface area contributed by atoms with E-state index in [0.717, 1.165) is 57.3 Å². The summed E-state index contributed by atoms with van der Waals surface area (Å²) in [6.45, 7) is 8.97. The zero-order valence-corrected chi connectivity index (χ0v) is 19.3. The molecule has 2 heterocycles. The van der Waals surface area contributed by atoms with E-state index < -0.39 is 0 Å². The molecule has 1 aliphatic rings. The van der Waals surface area contributed by atoms with Crippen molar-refractivity contribution < 1.29 is 4.74 Å². The van der Waals surface area contributed by atoms with Gasteiger partial charge in [-0.1, -0.05) is 19.1 Å². The van der Waals surface area contributed by atoms with Crippen molar-refractivity contribution in [3.63, 3.8) is 0 Å². The predicted octanol–water partition coefficient (Wildman–Crippen LogP) is 3.65. The monoisotopic (exact) mass is 429 g/mol. The van der Waals surface area contributed by atoms with Crippen LogP contribution in [0, 0.1) is 0 Å². The third-order valence-corrected chi connectivity index (χ3v) is 6.63. The van der Waals surface area contributed by atoms with Crippen LogP contribution in [0.15, 0.2) is 35.5 Å². The number of aliphatic imine (C=N–C) groups is 1. The van der Waals surface area contributed by atoms with Crippen LogP contribution in [0.5, 0.6) is 5.75 Å². The average Bonchev–Trinajstić information content (AvgIpc) is 3.46. The van der Waals surface area contributed by atoms with Crippen molar-refractivity contribution in [1.29, 1.82) is 0 Å². The number of aromatic nitrogens is 1. The van der Waals surface area contributed by atoms with Gasteiger partial charge in [0.1, 0.15) is 5.75 Å². The van der Waals surface area contributed by atoms with E-state index in [2.05, 4.69) is 46.5 Å². The topological polar surface area (TPSA) is 61.8 Å². The molecule has 0 amide bonds. The third kappa shape index (κ3) is 6.44. The summed E-state index contributed by atoms with van der Waals surface area (Å²) < 4.78 is 5.33. The highest BCUT2D eigenvalue weighted by Crippen LogP contribution is 2.27. The van der Waals surface area contributed by atoms with Crippen LogP contribution in [0.1, 0.15) is 48.2 Å². The Balaban J connectivity index is 1.63. The van der Waals surface area contributed by atoms with Crippen LogP contribution in [-0.4, -0.2) is 55.7 Å². The van der Waals surface area contributed by atoms with Gasteiger partial charge in [-0.3, -0.25) is 9.89 Å². The fourth-order valence-electron chi connectivity index (χ4n) is 3.75. The molecule has 1 atom stereocenters. The van der Waals surface area contributed by atoms with Crippen molar-refractivity contribution >= 4 is 17.3 Å². The van der Waals surface area contributed by atoms with Gasteiger partial charge in [0.05, 0.1) is 24.7 Å². The lowest BCUT2D eigenvalue weighted by Crippen LogP contribution is -2.39. The number of guanidine groups is 1. The highest BCUT2D eigenvalue weighted by molar-refractivity contribution is 7.11. The first-order valence-corrected chi connectivity index (χ1v) is 11.9. The molecule has 1 fully saturated rings. The van der Waals surface area contributed by atoms with Gasteiger partial charge < -0.3 is 15.4 Å². The summed E-state index contributed by atoms with van der Waals surface area (Å²) in [5.74, 6) is 1.77. The van der Waals surface area contributed by atoms with Crippen LogP contribution < -0.4 is 15.4 Å². The molecule has 164 valence electrons. The number of nitrogens with one attached hydrogen (secondary N) is 2. The predicted molar refractivity (Wildman–Crippen MR) is 126 cm³/mol. The third-order valence-electron chi connectivity index (χ3n) is 5.43. The van der Waals surface area contributed by atoms with Crippen molar-refractivity contribution in [3.05, 3.63) is 45.9 Å². The van der Waals surface area contributed by atoms with Gasteiger partial charge in [-0.15, -0.1) is 11.3 Å². The zero-order chi connectivity index (χ0) is 21.2. The van der Waals surface area contributed by atoms with Gasteiger partial charge in [0.2, 0.25) is 0 Å². The molecule has 30 heavy (non-hydrogen) atoms. The Morgan fingerprint density at radius 3 is 2.60 bits per heavy atom. The Bertz CT molecular complexity index is 783. The number of likely N-dealkylation sites (tertiary alicyclic amines) is 1.